The van der Waals surface area contributed by atoms with Crippen LogP contribution in [0.1, 0.15) is 48.9 Å². The Morgan fingerprint density at radius 1 is 1.09 bits per heavy atom. The van der Waals surface area contributed by atoms with Crippen molar-refractivity contribution in [3.8, 4) is 0 Å². The van der Waals surface area contributed by atoms with Gasteiger partial charge >= 0.3 is 12.4 Å². The van der Waals surface area contributed by atoms with Crippen molar-refractivity contribution in [2.24, 2.45) is 5.73 Å². The normalized spacial score (nSPS) is 15.0. The molecule has 0 fully saturated rings. The predicted octanol–water partition coefficient (Wildman–Crippen LogP) is 4.70. The van der Waals surface area contributed by atoms with Crippen molar-refractivity contribution in [1.82, 2.24) is 0 Å². The van der Waals surface area contributed by atoms with Crippen LogP contribution in [0.5, 0.6) is 0 Å². The Morgan fingerprint density at radius 2 is 1.65 bits per heavy atom. The van der Waals surface area contributed by atoms with E-state index >= 15 is 0 Å². The molecule has 2 atom stereocenters. The third kappa shape index (κ3) is 5.86. The van der Waals surface area contributed by atoms with E-state index in [1.165, 1.54) is 0 Å². The van der Waals surface area contributed by atoms with Gasteiger partial charge in [0, 0.05) is 0 Å². The highest BCUT2D eigenvalue weighted by molar-refractivity contribution is 5.85. The number of rotatable bonds is 5. The van der Waals surface area contributed by atoms with E-state index in [9.17, 15) is 31.4 Å². The van der Waals surface area contributed by atoms with Crippen LogP contribution in [-0.2, 0) is 12.4 Å². The monoisotopic (exact) mass is 365 g/mol. The summed E-state index contributed by atoms with van der Waals surface area (Å²) in [4.78, 5) is 0. The van der Waals surface area contributed by atoms with Crippen molar-refractivity contribution >= 4 is 12.4 Å². The summed E-state index contributed by atoms with van der Waals surface area (Å²) in [5, 5.41) is 9.81. The molecule has 9 heteroatoms. The lowest BCUT2D eigenvalue weighted by molar-refractivity contribution is -0.143. The van der Waals surface area contributed by atoms with Crippen molar-refractivity contribution < 1.29 is 31.4 Å². The Balaban J connectivity index is 0.00000484. The molecule has 1 aromatic rings. The molecule has 0 bridgehead atoms. The first-order chi connectivity index (χ1) is 9.98. The minimum absolute atomic E-state index is 0. The molecule has 134 valence electrons. The lowest BCUT2D eigenvalue weighted by Gasteiger charge is -2.23. The second-order valence-corrected chi connectivity index (χ2v) is 5.03. The van der Waals surface area contributed by atoms with Gasteiger partial charge in [-0.15, -0.1) is 12.4 Å². The van der Waals surface area contributed by atoms with Gasteiger partial charge < -0.3 is 10.8 Å². The summed E-state index contributed by atoms with van der Waals surface area (Å²) in [5.41, 5.74) is 2.20. The van der Waals surface area contributed by atoms with Crippen molar-refractivity contribution in [3.63, 3.8) is 0 Å². The van der Waals surface area contributed by atoms with Crippen LogP contribution in [0.3, 0.4) is 0 Å². The number of nitrogens with two attached hydrogens (primary N) is 1. The van der Waals surface area contributed by atoms with Crippen LogP contribution < -0.4 is 5.73 Å². The molecule has 0 amide bonds. The smallest absolute Gasteiger partial charge is 0.391 e. The Hall–Kier alpha value is -0.990. The Bertz CT molecular complexity index is 503. The highest BCUT2D eigenvalue weighted by Crippen LogP contribution is 2.39. The van der Waals surface area contributed by atoms with Gasteiger partial charge in [0.15, 0.2) is 0 Å². The van der Waals surface area contributed by atoms with Gasteiger partial charge in [0.05, 0.1) is 23.3 Å². The summed E-state index contributed by atoms with van der Waals surface area (Å²) in [6.07, 6.45) is -9.68. The second kappa shape index (κ2) is 8.21. The number of hydrogen-bond acceptors (Lipinski definition) is 2. The Morgan fingerprint density at radius 3 is 2.09 bits per heavy atom. The molecule has 0 aliphatic carbocycles. The molecular weight excluding hydrogens is 348 g/mol. The number of aliphatic hydroxyl groups excluding tert-OH is 1. The maximum absolute atomic E-state index is 13.0. The highest BCUT2D eigenvalue weighted by Gasteiger charge is 2.39. The molecule has 0 aliphatic rings. The summed E-state index contributed by atoms with van der Waals surface area (Å²) in [6, 6.07) is -0.144. The molecule has 1 aromatic carbocycles. The lowest BCUT2D eigenvalue weighted by atomic mass is 9.92. The molecule has 0 saturated heterocycles. The topological polar surface area (TPSA) is 46.2 Å². The summed E-state index contributed by atoms with van der Waals surface area (Å²) < 4.78 is 76.7. The number of alkyl halides is 6. The van der Waals surface area contributed by atoms with Gasteiger partial charge in [-0.2, -0.15) is 26.3 Å². The van der Waals surface area contributed by atoms with Gasteiger partial charge in [-0.05, 0) is 24.1 Å². The Labute approximate surface area is 136 Å². The van der Waals surface area contributed by atoms with Crippen LogP contribution in [0.15, 0.2) is 18.2 Å². The zero-order valence-electron chi connectivity index (χ0n) is 12.2. The first kappa shape index (κ1) is 22.0. The van der Waals surface area contributed by atoms with E-state index in [1.807, 2.05) is 6.92 Å². The summed E-state index contributed by atoms with van der Waals surface area (Å²) in [6.45, 7) is 1.83. The quantitative estimate of drug-likeness (QED) is 0.743. The summed E-state index contributed by atoms with van der Waals surface area (Å²) in [7, 11) is 0. The molecule has 23 heavy (non-hydrogen) atoms. The fourth-order valence-electron chi connectivity index (χ4n) is 2.07. The Kier molecular flexibility index (Phi) is 7.86. The van der Waals surface area contributed by atoms with Crippen molar-refractivity contribution in [2.75, 3.05) is 0 Å². The molecule has 0 spiro atoms. The predicted molar refractivity (Wildman–Crippen MR) is 76.2 cm³/mol. The average Bonchev–Trinajstić information content (AvgIpc) is 2.41. The molecule has 0 saturated carbocycles. The minimum atomic E-state index is -4.99. The molecule has 2 nitrogen and oxygen atoms in total. The molecule has 0 aliphatic heterocycles. The molecule has 0 radical (unpaired) electrons. The third-order valence-electron chi connectivity index (χ3n) is 3.31. The van der Waals surface area contributed by atoms with Gasteiger partial charge in [0.25, 0.3) is 0 Å². The highest BCUT2D eigenvalue weighted by atomic mass is 35.5. The summed E-state index contributed by atoms with van der Waals surface area (Å²) in [5.74, 6) is 0. The largest absolute Gasteiger partial charge is 0.416 e. The van der Waals surface area contributed by atoms with Gasteiger partial charge in [0.2, 0.25) is 0 Å². The van der Waals surface area contributed by atoms with E-state index in [2.05, 4.69) is 0 Å². The van der Waals surface area contributed by atoms with Crippen molar-refractivity contribution in [2.45, 2.75) is 50.7 Å². The molecule has 3 N–H and O–H groups in total. The number of halogens is 7. The fourth-order valence-corrected chi connectivity index (χ4v) is 2.07. The molecule has 0 unspecified atom stereocenters. The van der Waals surface area contributed by atoms with Gasteiger partial charge in [0.1, 0.15) is 0 Å². The molecule has 0 heterocycles. The molecular formula is C14H18ClF6NO. The number of unbranched alkanes of at least 4 members (excludes halogenated alkanes) is 1. The van der Waals surface area contributed by atoms with Gasteiger partial charge in [-0.25, -0.2) is 0 Å². The molecule has 1 rings (SSSR count). The minimum Gasteiger partial charge on any atom is -0.391 e. The third-order valence-corrected chi connectivity index (χ3v) is 3.31. The first-order valence-electron chi connectivity index (χ1n) is 6.70. The van der Waals surface area contributed by atoms with Gasteiger partial charge in [-0.3, -0.25) is 0 Å². The van der Waals surface area contributed by atoms with Crippen LogP contribution in [0.2, 0.25) is 0 Å². The summed E-state index contributed by atoms with van der Waals surface area (Å²) >= 11 is 0. The zero-order valence-corrected chi connectivity index (χ0v) is 13.0. The number of aliphatic hydroxyl groups is 1. The van der Waals surface area contributed by atoms with Crippen LogP contribution in [0.4, 0.5) is 26.3 Å². The van der Waals surface area contributed by atoms with E-state index in [-0.39, 0.29) is 24.9 Å². The van der Waals surface area contributed by atoms with Crippen LogP contribution >= 0.6 is 12.4 Å². The SMILES string of the molecule is CCCC[C@H](O)[C@H](N)c1ccc(C(F)(F)F)cc1C(F)(F)F.Cl. The zero-order chi connectivity index (χ0) is 17.1. The van der Waals surface area contributed by atoms with E-state index in [0.29, 0.717) is 25.0 Å². The number of benzene rings is 1. The van der Waals surface area contributed by atoms with E-state index < -0.39 is 41.2 Å². The number of hydrogen-bond donors (Lipinski definition) is 2. The fraction of sp³-hybridized carbons (Fsp3) is 0.571. The van der Waals surface area contributed by atoms with E-state index in [0.717, 1.165) is 0 Å². The first-order valence-corrected chi connectivity index (χ1v) is 6.70. The van der Waals surface area contributed by atoms with E-state index in [1.54, 1.807) is 0 Å². The standard InChI is InChI=1S/C14H17F6NO.ClH/c1-2-3-4-11(22)12(21)9-6-5-8(13(15,16)17)7-10(9)14(18,19)20;/h5-7,11-12,22H,2-4,21H2,1H3;1H/t11-,12+;/m0./s1. The van der Waals surface area contributed by atoms with Crippen molar-refractivity contribution in [3.05, 3.63) is 34.9 Å². The lowest BCUT2D eigenvalue weighted by Crippen LogP contribution is -2.29. The molecule has 0 aromatic heterocycles. The maximum atomic E-state index is 13.0. The van der Waals surface area contributed by atoms with E-state index in [4.69, 9.17) is 5.73 Å². The van der Waals surface area contributed by atoms with Gasteiger partial charge in [-0.1, -0.05) is 25.8 Å². The second-order valence-electron chi connectivity index (χ2n) is 5.03. The average molecular weight is 366 g/mol. The maximum Gasteiger partial charge on any atom is 0.416 e. The van der Waals surface area contributed by atoms with Crippen LogP contribution in [0.25, 0.3) is 0 Å². The van der Waals surface area contributed by atoms with Crippen LogP contribution in [-0.4, -0.2) is 11.2 Å². The van der Waals surface area contributed by atoms with Crippen molar-refractivity contribution in [1.29, 1.82) is 0 Å². The van der Waals surface area contributed by atoms with Crippen LogP contribution in [0, 0.1) is 0 Å².